The molecule has 1 aliphatic heterocycles. The average molecular weight is 353 g/mol. The van der Waals surface area contributed by atoms with Gasteiger partial charge in [0.1, 0.15) is 4.90 Å². The summed E-state index contributed by atoms with van der Waals surface area (Å²) >= 11 is 11.9. The first-order valence-electron chi connectivity index (χ1n) is 6.26. The van der Waals surface area contributed by atoms with Crippen LogP contribution in [0.1, 0.15) is 12.8 Å². The van der Waals surface area contributed by atoms with E-state index in [1.54, 1.807) is 11.5 Å². The third kappa shape index (κ3) is 3.32. The molecular weight excluding hydrogens is 339 g/mol. The normalized spacial score (nSPS) is 17.7. The van der Waals surface area contributed by atoms with E-state index in [4.69, 9.17) is 28.4 Å². The van der Waals surface area contributed by atoms with Crippen molar-refractivity contribution in [3.8, 4) is 0 Å². The number of sulfonamides is 1. The van der Waals surface area contributed by atoms with Crippen molar-refractivity contribution in [3.05, 3.63) is 28.2 Å². The molecule has 0 atom stereocenters. The maximum absolute atomic E-state index is 12.6. The zero-order chi connectivity index (χ0) is 15.6. The molecule has 1 heterocycles. The van der Waals surface area contributed by atoms with Gasteiger partial charge in [-0.3, -0.25) is 10.0 Å². The molecule has 1 aromatic rings. The van der Waals surface area contributed by atoms with E-state index >= 15 is 0 Å². The minimum absolute atomic E-state index is 0.0673. The highest BCUT2D eigenvalue weighted by Gasteiger charge is 2.34. The Labute approximate surface area is 132 Å². The second kappa shape index (κ2) is 6.50. The van der Waals surface area contributed by atoms with Crippen LogP contribution in [0.25, 0.3) is 0 Å². The van der Waals surface area contributed by atoms with Gasteiger partial charge in [-0.25, -0.2) is 13.9 Å². The lowest BCUT2D eigenvalue weighted by Gasteiger charge is -2.30. The summed E-state index contributed by atoms with van der Waals surface area (Å²) in [5, 5.41) is 8.73. The molecule has 6 nitrogen and oxygen atoms in total. The van der Waals surface area contributed by atoms with E-state index in [-0.39, 0.29) is 28.0 Å². The Kier molecular flexibility index (Phi) is 5.11. The van der Waals surface area contributed by atoms with Gasteiger partial charge in [0.15, 0.2) is 0 Å². The van der Waals surface area contributed by atoms with E-state index in [0.29, 0.717) is 12.8 Å². The first-order valence-corrected chi connectivity index (χ1v) is 8.45. The summed E-state index contributed by atoms with van der Waals surface area (Å²) in [4.78, 5) is 11.2. The third-order valence-corrected chi connectivity index (χ3v) is 6.31. The third-order valence-electron chi connectivity index (χ3n) is 3.45. The van der Waals surface area contributed by atoms with Crippen LogP contribution < -0.4 is 5.48 Å². The standard InChI is InChI=1S/C12H14Cl2N2O4S/c13-9-2-1-3-10(14)11(9)21(19,20)16-6-4-8(5-7-16)12(17)15-18/h1-3,8,18H,4-7H2,(H,15,17). The predicted molar refractivity (Wildman–Crippen MR) is 77.9 cm³/mol. The van der Waals surface area contributed by atoms with Crippen molar-refractivity contribution in [2.24, 2.45) is 5.92 Å². The topological polar surface area (TPSA) is 86.7 Å². The Hall–Kier alpha value is -0.860. The van der Waals surface area contributed by atoms with Crippen LogP contribution >= 0.6 is 23.2 Å². The number of carbonyl (C=O) groups excluding carboxylic acids is 1. The highest BCUT2D eigenvalue weighted by Crippen LogP contribution is 2.33. The second-order valence-corrected chi connectivity index (χ2v) is 7.39. The molecule has 21 heavy (non-hydrogen) atoms. The van der Waals surface area contributed by atoms with Gasteiger partial charge in [0.05, 0.1) is 10.0 Å². The van der Waals surface area contributed by atoms with Crippen molar-refractivity contribution >= 4 is 39.1 Å². The van der Waals surface area contributed by atoms with E-state index in [1.807, 2.05) is 0 Å². The van der Waals surface area contributed by atoms with E-state index in [0.717, 1.165) is 0 Å². The van der Waals surface area contributed by atoms with Crippen LogP contribution in [0.5, 0.6) is 0 Å². The van der Waals surface area contributed by atoms with E-state index in [2.05, 4.69) is 0 Å². The van der Waals surface area contributed by atoms with Gasteiger partial charge in [0, 0.05) is 19.0 Å². The molecule has 0 aromatic heterocycles. The molecule has 9 heteroatoms. The molecule has 0 bridgehead atoms. The number of hydrogen-bond donors (Lipinski definition) is 2. The Balaban J connectivity index is 2.21. The summed E-state index contributed by atoms with van der Waals surface area (Å²) < 4.78 is 26.4. The Morgan fingerprint density at radius 3 is 2.24 bits per heavy atom. The minimum Gasteiger partial charge on any atom is -0.289 e. The first kappa shape index (κ1) is 16.5. The maximum Gasteiger partial charge on any atom is 0.246 e. The number of benzene rings is 1. The van der Waals surface area contributed by atoms with Gasteiger partial charge in [-0.15, -0.1) is 0 Å². The highest BCUT2D eigenvalue weighted by atomic mass is 35.5. The zero-order valence-electron chi connectivity index (χ0n) is 10.9. The van der Waals surface area contributed by atoms with Crippen LogP contribution in [-0.2, 0) is 14.8 Å². The summed E-state index contributed by atoms with van der Waals surface area (Å²) in [6.45, 7) is 0.337. The van der Waals surface area contributed by atoms with Crippen LogP contribution in [0.15, 0.2) is 23.1 Å². The summed E-state index contributed by atoms with van der Waals surface area (Å²) in [6.07, 6.45) is 0.654. The van der Waals surface area contributed by atoms with Crippen molar-refractivity contribution in [1.29, 1.82) is 0 Å². The molecule has 1 saturated heterocycles. The molecule has 0 unspecified atom stereocenters. The van der Waals surface area contributed by atoms with Crippen molar-refractivity contribution in [2.45, 2.75) is 17.7 Å². The quantitative estimate of drug-likeness (QED) is 0.642. The fourth-order valence-corrected chi connectivity index (χ4v) is 4.87. The van der Waals surface area contributed by atoms with Crippen molar-refractivity contribution < 1.29 is 18.4 Å². The second-order valence-electron chi connectivity index (χ2n) is 4.71. The van der Waals surface area contributed by atoms with Crippen LogP contribution in [0, 0.1) is 5.92 Å². The Morgan fingerprint density at radius 1 is 1.24 bits per heavy atom. The summed E-state index contributed by atoms with van der Waals surface area (Å²) in [5.41, 5.74) is 1.59. The van der Waals surface area contributed by atoms with Crippen molar-refractivity contribution in [1.82, 2.24) is 9.79 Å². The summed E-state index contributed by atoms with van der Waals surface area (Å²) in [7, 11) is -3.80. The lowest BCUT2D eigenvalue weighted by molar-refractivity contribution is -0.134. The van der Waals surface area contributed by atoms with Crippen LogP contribution in [0.2, 0.25) is 10.0 Å². The summed E-state index contributed by atoms with van der Waals surface area (Å²) in [6, 6.07) is 4.50. The zero-order valence-corrected chi connectivity index (χ0v) is 13.2. The number of halogens is 2. The average Bonchev–Trinajstić information content (AvgIpc) is 2.46. The Morgan fingerprint density at radius 2 is 1.76 bits per heavy atom. The number of carbonyl (C=O) groups is 1. The Bertz CT molecular complexity index is 622. The number of rotatable bonds is 3. The van der Waals surface area contributed by atoms with Gasteiger partial charge in [0.25, 0.3) is 0 Å². The van der Waals surface area contributed by atoms with Crippen LogP contribution in [-0.4, -0.2) is 36.9 Å². The molecule has 0 spiro atoms. The summed E-state index contributed by atoms with van der Waals surface area (Å²) in [5.74, 6) is -0.897. The fraction of sp³-hybridized carbons (Fsp3) is 0.417. The number of amides is 1. The fourth-order valence-electron chi connectivity index (χ4n) is 2.31. The molecule has 1 aliphatic rings. The molecule has 0 aliphatic carbocycles. The SMILES string of the molecule is O=C(NO)C1CCN(S(=O)(=O)c2c(Cl)cccc2Cl)CC1. The molecule has 2 rings (SSSR count). The van der Waals surface area contributed by atoms with Gasteiger partial charge >= 0.3 is 0 Å². The largest absolute Gasteiger partial charge is 0.289 e. The number of piperidine rings is 1. The van der Waals surface area contributed by atoms with Gasteiger partial charge in [0.2, 0.25) is 15.9 Å². The minimum atomic E-state index is -3.80. The highest BCUT2D eigenvalue weighted by molar-refractivity contribution is 7.89. The van der Waals surface area contributed by atoms with E-state index < -0.39 is 21.8 Å². The lowest BCUT2D eigenvalue weighted by Crippen LogP contribution is -2.42. The van der Waals surface area contributed by atoms with Gasteiger partial charge in [-0.05, 0) is 25.0 Å². The molecule has 116 valence electrons. The molecule has 1 aromatic carbocycles. The van der Waals surface area contributed by atoms with E-state index in [9.17, 15) is 13.2 Å². The number of hydroxylamine groups is 1. The molecule has 1 amide bonds. The van der Waals surface area contributed by atoms with Crippen LogP contribution in [0.3, 0.4) is 0 Å². The molecule has 1 fully saturated rings. The van der Waals surface area contributed by atoms with Crippen molar-refractivity contribution in [3.63, 3.8) is 0 Å². The molecule has 0 saturated carbocycles. The number of hydrogen-bond acceptors (Lipinski definition) is 4. The lowest BCUT2D eigenvalue weighted by atomic mass is 9.98. The van der Waals surface area contributed by atoms with E-state index in [1.165, 1.54) is 16.4 Å². The smallest absolute Gasteiger partial charge is 0.246 e. The first-order chi connectivity index (χ1) is 9.87. The van der Waals surface area contributed by atoms with Crippen LogP contribution in [0.4, 0.5) is 0 Å². The molecule has 0 radical (unpaired) electrons. The number of nitrogens with zero attached hydrogens (tertiary/aromatic N) is 1. The van der Waals surface area contributed by atoms with Gasteiger partial charge < -0.3 is 0 Å². The van der Waals surface area contributed by atoms with Crippen molar-refractivity contribution in [2.75, 3.05) is 13.1 Å². The molecule has 2 N–H and O–H groups in total. The predicted octanol–water partition coefficient (Wildman–Crippen LogP) is 1.90. The van der Waals surface area contributed by atoms with Gasteiger partial charge in [-0.1, -0.05) is 29.3 Å². The van der Waals surface area contributed by atoms with Gasteiger partial charge in [-0.2, -0.15) is 4.31 Å². The monoisotopic (exact) mass is 352 g/mol. The number of nitrogens with one attached hydrogen (secondary N) is 1. The molecular formula is C12H14Cl2N2O4S. The maximum atomic E-state index is 12.6.